The molecule has 78 valence electrons. The van der Waals surface area contributed by atoms with Gasteiger partial charge in [0, 0.05) is 17.6 Å². The monoisotopic (exact) mass is 193 g/mol. The normalized spacial score (nSPS) is 20.7. The zero-order chi connectivity index (χ0) is 9.97. The van der Waals surface area contributed by atoms with Crippen LogP contribution in [0.4, 0.5) is 0 Å². The zero-order valence-electron chi connectivity index (χ0n) is 8.99. The summed E-state index contributed by atoms with van der Waals surface area (Å²) in [4.78, 5) is 0. The van der Waals surface area contributed by atoms with Crippen molar-refractivity contribution in [1.82, 2.24) is 5.32 Å². The van der Waals surface area contributed by atoms with Crippen molar-refractivity contribution in [2.45, 2.75) is 45.2 Å². The summed E-state index contributed by atoms with van der Waals surface area (Å²) in [7, 11) is 0. The van der Waals surface area contributed by atoms with Gasteiger partial charge in [-0.3, -0.25) is 0 Å². The standard InChI is InChI=1S/C12H19NO/c1-9(7-11-3-4-11)13-10(2)12-5-6-14-8-12/h5-6,8-11,13H,3-4,7H2,1-2H3. The Morgan fingerprint density at radius 1 is 1.50 bits per heavy atom. The Morgan fingerprint density at radius 3 is 2.86 bits per heavy atom. The largest absolute Gasteiger partial charge is 0.472 e. The first-order valence-electron chi connectivity index (χ1n) is 5.54. The van der Waals surface area contributed by atoms with Crippen LogP contribution in [-0.2, 0) is 0 Å². The maximum Gasteiger partial charge on any atom is 0.0950 e. The van der Waals surface area contributed by atoms with Crippen LogP contribution in [0.5, 0.6) is 0 Å². The predicted octanol–water partition coefficient (Wildman–Crippen LogP) is 3.12. The molecule has 1 heterocycles. The van der Waals surface area contributed by atoms with E-state index in [4.69, 9.17) is 4.42 Å². The van der Waals surface area contributed by atoms with Gasteiger partial charge in [0.2, 0.25) is 0 Å². The number of hydrogen-bond acceptors (Lipinski definition) is 2. The lowest BCUT2D eigenvalue weighted by atomic mass is 10.1. The molecule has 0 aromatic carbocycles. The second kappa shape index (κ2) is 4.18. The van der Waals surface area contributed by atoms with Crippen LogP contribution >= 0.6 is 0 Å². The van der Waals surface area contributed by atoms with Gasteiger partial charge in [0.25, 0.3) is 0 Å². The van der Waals surface area contributed by atoms with E-state index in [0.717, 1.165) is 5.92 Å². The third-order valence-electron chi connectivity index (χ3n) is 2.96. The smallest absolute Gasteiger partial charge is 0.0950 e. The second-order valence-corrected chi connectivity index (χ2v) is 4.53. The van der Waals surface area contributed by atoms with Crippen LogP contribution in [0.25, 0.3) is 0 Å². The van der Waals surface area contributed by atoms with Crippen molar-refractivity contribution in [2.75, 3.05) is 0 Å². The highest BCUT2D eigenvalue weighted by atomic mass is 16.3. The van der Waals surface area contributed by atoms with Gasteiger partial charge in [-0.15, -0.1) is 0 Å². The molecule has 2 heteroatoms. The molecule has 1 aliphatic rings. The summed E-state index contributed by atoms with van der Waals surface area (Å²) in [5, 5.41) is 3.59. The summed E-state index contributed by atoms with van der Waals surface area (Å²) in [5.41, 5.74) is 1.24. The number of furan rings is 1. The highest BCUT2D eigenvalue weighted by Crippen LogP contribution is 2.33. The minimum atomic E-state index is 0.405. The van der Waals surface area contributed by atoms with Crippen molar-refractivity contribution in [3.8, 4) is 0 Å². The lowest BCUT2D eigenvalue weighted by Crippen LogP contribution is -2.29. The fraction of sp³-hybridized carbons (Fsp3) is 0.667. The van der Waals surface area contributed by atoms with Gasteiger partial charge in [-0.2, -0.15) is 0 Å². The van der Waals surface area contributed by atoms with Crippen LogP contribution in [0.1, 0.15) is 44.7 Å². The highest BCUT2D eigenvalue weighted by Gasteiger charge is 2.24. The molecule has 1 aromatic heterocycles. The Labute approximate surface area is 85.7 Å². The topological polar surface area (TPSA) is 25.2 Å². The van der Waals surface area contributed by atoms with Gasteiger partial charge < -0.3 is 9.73 Å². The summed E-state index contributed by atoms with van der Waals surface area (Å²) >= 11 is 0. The molecule has 1 aliphatic carbocycles. The van der Waals surface area contributed by atoms with E-state index >= 15 is 0 Å². The maximum atomic E-state index is 5.07. The minimum Gasteiger partial charge on any atom is -0.472 e. The van der Waals surface area contributed by atoms with E-state index in [0.29, 0.717) is 12.1 Å². The fourth-order valence-electron chi connectivity index (χ4n) is 1.97. The van der Waals surface area contributed by atoms with Crippen LogP contribution in [-0.4, -0.2) is 6.04 Å². The lowest BCUT2D eigenvalue weighted by Gasteiger charge is -2.18. The number of rotatable bonds is 5. The Kier molecular flexibility index (Phi) is 2.92. The van der Waals surface area contributed by atoms with Crippen molar-refractivity contribution in [1.29, 1.82) is 0 Å². The van der Waals surface area contributed by atoms with Crippen LogP contribution in [0.15, 0.2) is 23.0 Å². The van der Waals surface area contributed by atoms with Gasteiger partial charge in [-0.05, 0) is 32.3 Å². The summed E-state index contributed by atoms with van der Waals surface area (Å²) in [6.45, 7) is 4.46. The van der Waals surface area contributed by atoms with Crippen molar-refractivity contribution >= 4 is 0 Å². The van der Waals surface area contributed by atoms with E-state index in [-0.39, 0.29) is 0 Å². The Balaban J connectivity index is 1.78. The second-order valence-electron chi connectivity index (χ2n) is 4.53. The average Bonchev–Trinajstić information content (AvgIpc) is 2.80. The molecule has 0 amide bonds. The molecule has 2 atom stereocenters. The van der Waals surface area contributed by atoms with Gasteiger partial charge >= 0.3 is 0 Å². The molecule has 1 saturated carbocycles. The molecule has 2 unspecified atom stereocenters. The molecule has 2 nitrogen and oxygen atoms in total. The molecule has 0 radical (unpaired) electrons. The minimum absolute atomic E-state index is 0.405. The van der Waals surface area contributed by atoms with Crippen LogP contribution in [0.3, 0.4) is 0 Å². The van der Waals surface area contributed by atoms with E-state index in [9.17, 15) is 0 Å². The van der Waals surface area contributed by atoms with E-state index in [1.807, 2.05) is 12.3 Å². The maximum absolute atomic E-state index is 5.07. The molecule has 0 spiro atoms. The van der Waals surface area contributed by atoms with Crippen LogP contribution < -0.4 is 5.32 Å². The van der Waals surface area contributed by atoms with Gasteiger partial charge in [-0.1, -0.05) is 12.8 Å². The first kappa shape index (κ1) is 9.78. The van der Waals surface area contributed by atoms with Crippen molar-refractivity contribution < 1.29 is 4.42 Å². The summed E-state index contributed by atoms with van der Waals surface area (Å²) in [5.74, 6) is 0.994. The van der Waals surface area contributed by atoms with Crippen molar-refractivity contribution in [2.24, 2.45) is 5.92 Å². The molecule has 1 fully saturated rings. The molecule has 1 aromatic rings. The van der Waals surface area contributed by atoms with Crippen LogP contribution in [0.2, 0.25) is 0 Å². The zero-order valence-corrected chi connectivity index (χ0v) is 8.99. The Hall–Kier alpha value is -0.760. The Bertz CT molecular complexity index is 264. The molecule has 0 bridgehead atoms. The third kappa shape index (κ3) is 2.61. The molecular formula is C12H19NO. The van der Waals surface area contributed by atoms with Crippen LogP contribution in [0, 0.1) is 5.92 Å². The molecular weight excluding hydrogens is 174 g/mol. The predicted molar refractivity (Wildman–Crippen MR) is 57.1 cm³/mol. The lowest BCUT2D eigenvalue weighted by molar-refractivity contribution is 0.435. The summed E-state index contributed by atoms with van der Waals surface area (Å²) in [6.07, 6.45) is 7.75. The summed E-state index contributed by atoms with van der Waals surface area (Å²) in [6, 6.07) is 3.05. The first-order chi connectivity index (χ1) is 6.75. The molecule has 14 heavy (non-hydrogen) atoms. The molecule has 2 rings (SSSR count). The van der Waals surface area contributed by atoms with Gasteiger partial charge in [0.15, 0.2) is 0 Å². The van der Waals surface area contributed by atoms with E-state index < -0.39 is 0 Å². The third-order valence-corrected chi connectivity index (χ3v) is 2.96. The van der Waals surface area contributed by atoms with E-state index in [1.54, 1.807) is 6.26 Å². The number of hydrogen-bond donors (Lipinski definition) is 1. The quantitative estimate of drug-likeness (QED) is 0.777. The van der Waals surface area contributed by atoms with E-state index in [2.05, 4.69) is 19.2 Å². The number of nitrogens with one attached hydrogen (secondary N) is 1. The molecule has 1 N–H and O–H groups in total. The fourth-order valence-corrected chi connectivity index (χ4v) is 1.97. The Morgan fingerprint density at radius 2 is 2.29 bits per heavy atom. The van der Waals surface area contributed by atoms with Gasteiger partial charge in [0.05, 0.1) is 12.5 Å². The molecule has 0 saturated heterocycles. The SMILES string of the molecule is CC(CC1CC1)NC(C)c1ccoc1. The van der Waals surface area contributed by atoms with Crippen molar-refractivity contribution in [3.63, 3.8) is 0 Å². The first-order valence-corrected chi connectivity index (χ1v) is 5.54. The molecule has 0 aliphatic heterocycles. The average molecular weight is 193 g/mol. The summed E-state index contributed by atoms with van der Waals surface area (Å²) < 4.78 is 5.07. The van der Waals surface area contributed by atoms with Gasteiger partial charge in [-0.25, -0.2) is 0 Å². The van der Waals surface area contributed by atoms with E-state index in [1.165, 1.54) is 24.8 Å². The van der Waals surface area contributed by atoms with Crippen molar-refractivity contribution in [3.05, 3.63) is 24.2 Å². The van der Waals surface area contributed by atoms with Gasteiger partial charge in [0.1, 0.15) is 0 Å². The highest BCUT2D eigenvalue weighted by molar-refractivity contribution is 5.10.